The van der Waals surface area contributed by atoms with Crippen molar-refractivity contribution in [2.45, 2.75) is 32.5 Å². The molecule has 1 aromatic carbocycles. The predicted octanol–water partition coefficient (Wildman–Crippen LogP) is 2.55. The van der Waals surface area contributed by atoms with Crippen LogP contribution in [0.15, 0.2) is 35.7 Å². The lowest BCUT2D eigenvalue weighted by Gasteiger charge is -2.31. The molecule has 4 rings (SSSR count). The Morgan fingerprint density at radius 2 is 2.24 bits per heavy atom. The third-order valence-electron chi connectivity index (χ3n) is 4.77. The van der Waals surface area contributed by atoms with Gasteiger partial charge in [0.05, 0.1) is 12.2 Å². The first-order valence-electron chi connectivity index (χ1n) is 8.37. The third kappa shape index (κ3) is 3.05. The van der Waals surface area contributed by atoms with E-state index in [4.69, 9.17) is 12.2 Å². The van der Waals surface area contributed by atoms with E-state index >= 15 is 0 Å². The normalized spacial score (nSPS) is 19.8. The molecule has 0 radical (unpaired) electrons. The zero-order valence-electron chi connectivity index (χ0n) is 13.9. The maximum Gasteiger partial charge on any atom is 0.225 e. The standard InChI is InChI=1S/C17H18FN5S2/c1-2-15-14-7-9-25-16(14)6-8-21(15)11-22-17(24)23(20-19-22)13-5-3-4-12(18)10-13/h3-5,7,9-10,15H,2,6,8,11H2,1H3/p+1/t15-/m1/s1. The van der Waals surface area contributed by atoms with Gasteiger partial charge >= 0.3 is 0 Å². The monoisotopic (exact) mass is 376 g/mol. The SMILES string of the molecule is CC[C@@H]1c2ccsc2CC[NH+]1Cn1nnn(-c2cccc(F)c2)c1=S. The molecule has 1 N–H and O–H groups in total. The van der Waals surface area contributed by atoms with Gasteiger partial charge in [0.15, 0.2) is 6.67 Å². The number of hydrogen-bond donors (Lipinski definition) is 1. The van der Waals surface area contributed by atoms with Crippen molar-refractivity contribution < 1.29 is 9.29 Å². The molecule has 25 heavy (non-hydrogen) atoms. The van der Waals surface area contributed by atoms with E-state index in [1.165, 1.54) is 32.2 Å². The molecule has 1 aliphatic rings. The highest BCUT2D eigenvalue weighted by molar-refractivity contribution is 7.71. The fourth-order valence-electron chi connectivity index (χ4n) is 3.57. The van der Waals surface area contributed by atoms with Crippen LogP contribution in [-0.2, 0) is 13.1 Å². The lowest BCUT2D eigenvalue weighted by Crippen LogP contribution is -3.12. The zero-order valence-corrected chi connectivity index (χ0v) is 15.5. The van der Waals surface area contributed by atoms with Crippen LogP contribution in [0.5, 0.6) is 0 Å². The molecule has 0 amide bonds. The molecule has 0 saturated heterocycles. The van der Waals surface area contributed by atoms with Gasteiger partial charge in [-0.1, -0.05) is 13.0 Å². The molecule has 3 aromatic rings. The Morgan fingerprint density at radius 1 is 1.36 bits per heavy atom. The minimum atomic E-state index is -0.313. The summed E-state index contributed by atoms with van der Waals surface area (Å²) in [5.41, 5.74) is 2.05. The number of nitrogens with one attached hydrogen (secondary N) is 1. The van der Waals surface area contributed by atoms with Gasteiger partial charge in [0.2, 0.25) is 4.77 Å². The number of quaternary nitrogens is 1. The highest BCUT2D eigenvalue weighted by Crippen LogP contribution is 2.26. The Morgan fingerprint density at radius 3 is 3.04 bits per heavy atom. The molecule has 0 saturated carbocycles. The van der Waals surface area contributed by atoms with E-state index in [1.54, 1.807) is 16.8 Å². The van der Waals surface area contributed by atoms with E-state index in [-0.39, 0.29) is 5.82 Å². The van der Waals surface area contributed by atoms with E-state index in [1.807, 2.05) is 11.3 Å². The average Bonchev–Trinajstić information content (AvgIpc) is 3.22. The van der Waals surface area contributed by atoms with Crippen molar-refractivity contribution in [3.63, 3.8) is 0 Å². The molecule has 0 spiro atoms. The number of tetrazole rings is 1. The van der Waals surface area contributed by atoms with E-state index in [0.29, 0.717) is 23.2 Å². The molecule has 2 atom stereocenters. The summed E-state index contributed by atoms with van der Waals surface area (Å²) >= 11 is 7.37. The van der Waals surface area contributed by atoms with Gasteiger partial charge in [-0.15, -0.1) is 11.3 Å². The molecular formula is C17H19FN5S2+. The van der Waals surface area contributed by atoms with E-state index < -0.39 is 0 Å². The Balaban J connectivity index is 1.61. The summed E-state index contributed by atoms with van der Waals surface area (Å²) in [5, 5.41) is 10.5. The summed E-state index contributed by atoms with van der Waals surface area (Å²) in [4.78, 5) is 2.94. The summed E-state index contributed by atoms with van der Waals surface area (Å²) in [6, 6.07) is 8.94. The number of fused-ring (bicyclic) bond motifs is 1. The first-order chi connectivity index (χ1) is 12.2. The van der Waals surface area contributed by atoms with Crippen molar-refractivity contribution in [1.29, 1.82) is 0 Å². The predicted molar refractivity (Wildman–Crippen MR) is 97.0 cm³/mol. The highest BCUT2D eigenvalue weighted by Gasteiger charge is 2.31. The molecule has 0 fully saturated rings. The Kier molecular flexibility index (Phi) is 4.49. The van der Waals surface area contributed by atoms with Crippen molar-refractivity contribution in [3.05, 3.63) is 56.7 Å². The van der Waals surface area contributed by atoms with E-state index in [0.717, 1.165) is 19.4 Å². The number of benzene rings is 1. The smallest absolute Gasteiger partial charge is 0.225 e. The van der Waals surface area contributed by atoms with Crippen LogP contribution in [-0.4, -0.2) is 26.3 Å². The molecule has 8 heteroatoms. The van der Waals surface area contributed by atoms with E-state index in [2.05, 4.69) is 28.8 Å². The molecule has 130 valence electrons. The second-order valence-electron chi connectivity index (χ2n) is 6.23. The average molecular weight is 377 g/mol. The van der Waals surface area contributed by atoms with Gasteiger partial charge in [0, 0.05) is 23.3 Å². The van der Waals surface area contributed by atoms with Crippen LogP contribution in [0.1, 0.15) is 29.8 Å². The fourth-order valence-corrected chi connectivity index (χ4v) is 4.75. The maximum absolute atomic E-state index is 13.5. The quantitative estimate of drug-likeness (QED) is 0.712. The zero-order chi connectivity index (χ0) is 17.4. The summed E-state index contributed by atoms with van der Waals surface area (Å²) in [6.07, 6.45) is 2.16. The molecule has 3 heterocycles. The van der Waals surface area contributed by atoms with Crippen LogP contribution in [0.4, 0.5) is 4.39 Å². The molecule has 0 bridgehead atoms. The molecular weight excluding hydrogens is 357 g/mol. The Bertz CT molecular complexity index is 944. The fraction of sp³-hybridized carbons (Fsp3) is 0.353. The summed E-state index contributed by atoms with van der Waals surface area (Å²) < 4.78 is 17.2. The topological polar surface area (TPSA) is 40.1 Å². The minimum absolute atomic E-state index is 0.313. The summed E-state index contributed by atoms with van der Waals surface area (Å²) in [6.45, 7) is 3.95. The van der Waals surface area contributed by atoms with Crippen molar-refractivity contribution in [2.75, 3.05) is 6.54 Å². The lowest BCUT2D eigenvalue weighted by molar-refractivity contribution is -0.956. The molecule has 1 unspecified atom stereocenters. The third-order valence-corrected chi connectivity index (χ3v) is 6.15. The Hall–Kier alpha value is -1.90. The summed E-state index contributed by atoms with van der Waals surface area (Å²) in [7, 11) is 0. The van der Waals surface area contributed by atoms with Crippen LogP contribution >= 0.6 is 23.6 Å². The van der Waals surface area contributed by atoms with Gasteiger partial charge in [-0.25, -0.2) is 4.39 Å². The van der Waals surface area contributed by atoms with Gasteiger partial charge in [0.1, 0.15) is 11.9 Å². The highest BCUT2D eigenvalue weighted by atomic mass is 32.1. The van der Waals surface area contributed by atoms with Crippen LogP contribution in [0.3, 0.4) is 0 Å². The first kappa shape index (κ1) is 16.6. The number of halogens is 1. The minimum Gasteiger partial charge on any atom is -0.310 e. The largest absolute Gasteiger partial charge is 0.310 e. The molecule has 1 aliphatic heterocycles. The van der Waals surface area contributed by atoms with E-state index in [9.17, 15) is 4.39 Å². The maximum atomic E-state index is 13.5. The van der Waals surface area contributed by atoms with Gasteiger partial charge in [-0.2, -0.15) is 9.36 Å². The van der Waals surface area contributed by atoms with Crippen molar-refractivity contribution >= 4 is 23.6 Å². The number of aromatic nitrogens is 4. The second-order valence-corrected chi connectivity index (χ2v) is 7.59. The molecule has 2 aromatic heterocycles. The lowest BCUT2D eigenvalue weighted by atomic mass is 9.98. The van der Waals surface area contributed by atoms with Crippen LogP contribution in [0, 0.1) is 10.6 Å². The number of thiophene rings is 1. The van der Waals surface area contributed by atoms with Crippen molar-refractivity contribution in [3.8, 4) is 5.69 Å². The summed E-state index contributed by atoms with van der Waals surface area (Å²) in [5.74, 6) is -0.313. The molecule has 0 aliphatic carbocycles. The number of nitrogens with zero attached hydrogens (tertiary/aromatic N) is 4. The van der Waals surface area contributed by atoms with Crippen LogP contribution in [0.2, 0.25) is 0 Å². The van der Waals surface area contributed by atoms with Crippen LogP contribution < -0.4 is 4.90 Å². The van der Waals surface area contributed by atoms with Crippen LogP contribution in [0.25, 0.3) is 5.69 Å². The van der Waals surface area contributed by atoms with Gasteiger partial charge < -0.3 is 4.90 Å². The van der Waals surface area contributed by atoms with Crippen molar-refractivity contribution in [1.82, 2.24) is 19.8 Å². The molecule has 5 nitrogen and oxygen atoms in total. The van der Waals surface area contributed by atoms with Gasteiger partial charge in [0.25, 0.3) is 0 Å². The van der Waals surface area contributed by atoms with Crippen molar-refractivity contribution in [2.24, 2.45) is 0 Å². The first-order valence-corrected chi connectivity index (χ1v) is 9.65. The van der Waals surface area contributed by atoms with Gasteiger partial charge in [-0.3, -0.25) is 0 Å². The van der Waals surface area contributed by atoms with Gasteiger partial charge in [-0.05, 0) is 52.3 Å². The number of hydrogen-bond acceptors (Lipinski definition) is 4. The number of rotatable bonds is 4. The Labute approximate surface area is 154 Å². The second kappa shape index (κ2) is 6.78.